The summed E-state index contributed by atoms with van der Waals surface area (Å²) in [6.07, 6.45) is 12.0. The van der Waals surface area contributed by atoms with Gasteiger partial charge in [-0.05, 0) is 96.5 Å². The zero-order valence-corrected chi connectivity index (χ0v) is 44.3. The van der Waals surface area contributed by atoms with E-state index in [0.29, 0.717) is 128 Å². The maximum atomic E-state index is 13.7. The molecule has 6 amide bonds. The van der Waals surface area contributed by atoms with Crippen LogP contribution in [0.2, 0.25) is 10.0 Å². The summed E-state index contributed by atoms with van der Waals surface area (Å²) >= 11 is 12.9. The molecule has 0 radical (unpaired) electrons. The van der Waals surface area contributed by atoms with Crippen LogP contribution < -0.4 is 21.3 Å². The molecule has 2 fully saturated rings. The summed E-state index contributed by atoms with van der Waals surface area (Å²) < 4.78 is 10.9. The van der Waals surface area contributed by atoms with Crippen molar-refractivity contribution < 1.29 is 38.2 Å². The Morgan fingerprint density at radius 1 is 0.550 bits per heavy atom. The molecule has 404 valence electrons. The Kier molecular flexibility index (Phi) is 12.6. The number of carbonyl (C=O) groups is 6. The number of nitrogens with one attached hydrogen (secondary N) is 4. The topological polar surface area (TPSA) is 265 Å². The van der Waals surface area contributed by atoms with Crippen molar-refractivity contribution in [3.63, 3.8) is 0 Å². The van der Waals surface area contributed by atoms with Crippen molar-refractivity contribution in [3.8, 4) is 0 Å². The summed E-state index contributed by atoms with van der Waals surface area (Å²) in [7, 11) is 0. The van der Waals surface area contributed by atoms with Gasteiger partial charge in [0.2, 0.25) is 23.6 Å². The highest BCUT2D eigenvalue weighted by molar-refractivity contribution is 6.35. The molecule has 23 heteroatoms. The molecular formula is C57H49Cl2N13O8. The second-order valence-electron chi connectivity index (χ2n) is 21.1. The Morgan fingerprint density at radius 3 is 1.51 bits per heavy atom. The molecule has 2 saturated heterocycles. The molecule has 11 heterocycles. The van der Waals surface area contributed by atoms with E-state index in [1.807, 2.05) is 30.3 Å². The zero-order valence-electron chi connectivity index (χ0n) is 42.8. The van der Waals surface area contributed by atoms with Crippen LogP contribution in [0, 0.1) is 0 Å². The molecule has 2 aliphatic carbocycles. The van der Waals surface area contributed by atoms with Gasteiger partial charge < -0.3 is 30.7 Å². The largest absolute Gasteiger partial charge is 0.381 e. The van der Waals surface area contributed by atoms with Crippen LogP contribution in [0.25, 0.3) is 0 Å². The van der Waals surface area contributed by atoms with Gasteiger partial charge in [0.05, 0.1) is 20.9 Å². The van der Waals surface area contributed by atoms with Crippen molar-refractivity contribution in [1.29, 1.82) is 0 Å². The first-order chi connectivity index (χ1) is 38.8. The lowest BCUT2D eigenvalue weighted by Crippen LogP contribution is -2.48. The lowest BCUT2D eigenvalue weighted by Gasteiger charge is -2.29. The van der Waals surface area contributed by atoms with Gasteiger partial charge in [0, 0.05) is 99.8 Å². The molecule has 4 spiro atoms. The third-order valence-corrected chi connectivity index (χ3v) is 17.1. The molecule has 2 atom stereocenters. The number of aromatic nitrogens is 5. The average molecular weight is 1120 g/mol. The normalized spacial score (nSPS) is 22.3. The van der Waals surface area contributed by atoms with E-state index >= 15 is 0 Å². The minimum Gasteiger partial charge on any atom is -0.381 e. The highest BCUT2D eigenvalue weighted by atomic mass is 35.5. The summed E-state index contributed by atoms with van der Waals surface area (Å²) in [5.41, 5.74) is 3.04. The van der Waals surface area contributed by atoms with Gasteiger partial charge in [-0.15, -0.1) is 0 Å². The Balaban J connectivity index is 0.000000151. The van der Waals surface area contributed by atoms with E-state index in [1.54, 1.807) is 73.4 Å². The first kappa shape index (κ1) is 51.1. The average Bonchev–Trinajstić information content (AvgIpc) is 4.36. The molecule has 0 bridgehead atoms. The van der Waals surface area contributed by atoms with Crippen LogP contribution in [-0.2, 0) is 74.8 Å². The molecule has 14 rings (SSSR count). The fourth-order valence-electron chi connectivity index (χ4n) is 12.4. The van der Waals surface area contributed by atoms with E-state index in [-0.39, 0.29) is 42.6 Å². The number of aliphatic imine (C=N–C) groups is 2. The highest BCUT2D eigenvalue weighted by Crippen LogP contribution is 2.48. The maximum absolute atomic E-state index is 13.7. The van der Waals surface area contributed by atoms with Crippen molar-refractivity contribution in [2.24, 2.45) is 9.98 Å². The van der Waals surface area contributed by atoms with Crippen LogP contribution in [0.3, 0.4) is 0 Å². The maximum Gasteiger partial charge on any atom is 0.256 e. The molecule has 6 aromatic rings. The van der Waals surface area contributed by atoms with Gasteiger partial charge in [-0.3, -0.25) is 48.5 Å². The Bertz CT molecular complexity index is 3480. The van der Waals surface area contributed by atoms with Gasteiger partial charge in [0.25, 0.3) is 11.8 Å². The SMILES string of the molecule is O=C(CN1C(=O)C2(CCOCC2)N=C1c1ccccc1Cl)Nc1cc2c(cn1)C[C@]1(C2)C(=O)Nc2ncccc21.O=C(CN1C(=O)C2(CCOCC2)N=C1c1ncccc1Cl)Nc1cc2c(cn1)C[C@]1(C2)C(=O)Nc2ncccc21. The van der Waals surface area contributed by atoms with Crippen molar-refractivity contribution in [1.82, 2.24) is 34.7 Å². The third kappa shape index (κ3) is 8.57. The predicted octanol–water partition coefficient (Wildman–Crippen LogP) is 5.19. The number of benzene rings is 1. The first-order valence-corrected chi connectivity index (χ1v) is 27.0. The predicted molar refractivity (Wildman–Crippen MR) is 292 cm³/mol. The zero-order chi connectivity index (χ0) is 55.0. The lowest BCUT2D eigenvalue weighted by molar-refractivity contribution is -0.136. The molecule has 80 heavy (non-hydrogen) atoms. The van der Waals surface area contributed by atoms with Crippen LogP contribution in [-0.4, -0.2) is 132 Å². The molecule has 6 aliphatic heterocycles. The number of carbonyl (C=O) groups excluding carboxylic acids is 6. The quantitative estimate of drug-likeness (QED) is 0.153. The number of halogens is 2. The summed E-state index contributed by atoms with van der Waals surface area (Å²) in [4.78, 5) is 114. The van der Waals surface area contributed by atoms with Crippen molar-refractivity contribution in [2.75, 3.05) is 60.8 Å². The van der Waals surface area contributed by atoms with Crippen molar-refractivity contribution >= 4 is 93.6 Å². The Hall–Kier alpha value is -8.37. The number of ether oxygens (including phenoxy) is 2. The molecular weight excluding hydrogens is 1070 g/mol. The van der Waals surface area contributed by atoms with Crippen LogP contribution >= 0.6 is 23.2 Å². The minimum absolute atomic E-state index is 0.0797. The molecule has 21 nitrogen and oxygen atoms in total. The molecule has 0 saturated carbocycles. The van der Waals surface area contributed by atoms with Gasteiger partial charge in [-0.25, -0.2) is 24.9 Å². The Labute approximate surface area is 467 Å². The number of amidine groups is 2. The number of amides is 6. The highest BCUT2D eigenvalue weighted by Gasteiger charge is 2.54. The first-order valence-electron chi connectivity index (χ1n) is 26.2. The summed E-state index contributed by atoms with van der Waals surface area (Å²) in [6.45, 7) is 1.12. The standard InChI is InChI=1S/C29H25ClN6O4.C28H24ClN7O4/c30-21-6-2-1-4-19(21)25-35-29(7-10-40-11-8-29)27(39)36(25)16-23(37)33-22-12-17-13-28(14-18(17)15-32-22)20-5-3-9-31-24(20)34-26(28)38;29-19-4-2-7-30-22(19)24-35-28(5-9-40-10-6-28)26(39)36(24)15-21(37)33-20-11-16-12-27(13-17(16)14-32-20)18-3-1-8-31-23(18)34-25(27)38/h1-6,9,12,15H,7-8,10-11,13-14,16H2,(H,31,34,38)(H,32,33,37);1-4,7-8,11,14H,5-6,9-10,12-13,15H2,(H,31,34,38)(H,32,33,37)/t28-;27-/m00/s1. The Morgan fingerprint density at radius 2 is 1.00 bits per heavy atom. The van der Waals surface area contributed by atoms with E-state index < -0.39 is 33.7 Å². The minimum atomic E-state index is -0.998. The monoisotopic (exact) mass is 1110 g/mol. The fourth-order valence-corrected chi connectivity index (χ4v) is 12.8. The van der Waals surface area contributed by atoms with E-state index in [1.165, 1.54) is 9.80 Å². The van der Waals surface area contributed by atoms with Gasteiger partial charge in [0.15, 0.2) is 5.84 Å². The van der Waals surface area contributed by atoms with E-state index in [2.05, 4.69) is 46.2 Å². The van der Waals surface area contributed by atoms with Crippen LogP contribution in [0.5, 0.6) is 0 Å². The van der Waals surface area contributed by atoms with Crippen molar-refractivity contribution in [3.05, 3.63) is 158 Å². The number of nitrogens with zero attached hydrogens (tertiary/aromatic N) is 9. The van der Waals surface area contributed by atoms with Gasteiger partial charge >= 0.3 is 0 Å². The molecule has 1 aromatic carbocycles. The summed E-state index contributed by atoms with van der Waals surface area (Å²) in [5.74, 6) is 1.02. The number of hydrogen-bond donors (Lipinski definition) is 4. The summed E-state index contributed by atoms with van der Waals surface area (Å²) in [6, 6.07) is 21.6. The second kappa shape index (κ2) is 19.8. The lowest BCUT2D eigenvalue weighted by atomic mass is 9.79. The van der Waals surface area contributed by atoms with Gasteiger partial charge in [-0.1, -0.05) is 47.5 Å². The number of anilines is 4. The van der Waals surface area contributed by atoms with Crippen LogP contribution in [0.4, 0.5) is 23.3 Å². The van der Waals surface area contributed by atoms with Gasteiger partial charge in [-0.2, -0.15) is 0 Å². The van der Waals surface area contributed by atoms with Crippen molar-refractivity contribution in [2.45, 2.75) is 73.3 Å². The number of fused-ring (bicyclic) bond motifs is 6. The number of hydrogen-bond acceptors (Lipinski definition) is 15. The smallest absolute Gasteiger partial charge is 0.256 e. The number of pyridine rings is 5. The van der Waals surface area contributed by atoms with E-state index in [4.69, 9.17) is 42.7 Å². The van der Waals surface area contributed by atoms with Crippen LogP contribution in [0.1, 0.15) is 70.3 Å². The van der Waals surface area contributed by atoms with Gasteiger partial charge in [0.1, 0.15) is 59.0 Å². The fraction of sp³-hybridized carbons (Fsp3) is 0.316. The molecule has 0 unspecified atom stereocenters. The molecule has 8 aliphatic rings. The molecule has 4 N–H and O–H groups in total. The summed E-state index contributed by atoms with van der Waals surface area (Å²) in [5, 5.41) is 12.2. The second-order valence-corrected chi connectivity index (χ2v) is 21.9. The van der Waals surface area contributed by atoms with E-state index in [9.17, 15) is 28.8 Å². The number of rotatable bonds is 8. The molecule has 5 aromatic heterocycles. The third-order valence-electron chi connectivity index (χ3n) is 16.4. The van der Waals surface area contributed by atoms with Crippen LogP contribution in [0.15, 0.2) is 114 Å². The van der Waals surface area contributed by atoms with E-state index in [0.717, 1.165) is 33.4 Å².